The zero-order valence-electron chi connectivity index (χ0n) is 10.6. The van der Waals surface area contributed by atoms with Gasteiger partial charge in [0, 0.05) is 19.7 Å². The van der Waals surface area contributed by atoms with E-state index in [-0.39, 0.29) is 18.2 Å². The molecule has 2 fully saturated rings. The lowest BCUT2D eigenvalue weighted by molar-refractivity contribution is -0.143. The van der Waals surface area contributed by atoms with Gasteiger partial charge in [-0.25, -0.2) is 9.59 Å². The minimum Gasteiger partial charge on any atom is -0.480 e. The maximum absolute atomic E-state index is 12.0. The molecule has 6 heteroatoms. The van der Waals surface area contributed by atoms with Crippen molar-refractivity contribution in [3.8, 4) is 0 Å². The van der Waals surface area contributed by atoms with Crippen LogP contribution in [0.1, 0.15) is 32.1 Å². The molecular formula is C12H20N2O4. The van der Waals surface area contributed by atoms with Crippen molar-refractivity contribution in [2.75, 3.05) is 13.7 Å². The predicted molar refractivity (Wildman–Crippen MR) is 64.3 cm³/mol. The quantitative estimate of drug-likeness (QED) is 0.783. The summed E-state index contributed by atoms with van der Waals surface area (Å²) >= 11 is 0. The fourth-order valence-corrected chi connectivity index (χ4v) is 2.56. The molecule has 0 radical (unpaired) electrons. The Hall–Kier alpha value is -1.30. The average Bonchev–Trinajstić information content (AvgIpc) is 2.32. The number of nitrogens with one attached hydrogen (secondary N) is 1. The summed E-state index contributed by atoms with van der Waals surface area (Å²) in [5, 5.41) is 12.0. The Morgan fingerprint density at radius 2 is 2.06 bits per heavy atom. The number of carbonyl (C=O) groups is 2. The normalized spacial score (nSPS) is 31.6. The number of hydrogen-bond donors (Lipinski definition) is 2. The molecule has 0 aromatic carbocycles. The number of urea groups is 1. The van der Waals surface area contributed by atoms with Crippen LogP contribution >= 0.6 is 0 Å². The van der Waals surface area contributed by atoms with E-state index in [1.165, 1.54) is 4.90 Å². The smallest absolute Gasteiger partial charge is 0.326 e. The van der Waals surface area contributed by atoms with E-state index in [1.54, 1.807) is 7.11 Å². The minimum absolute atomic E-state index is 0.124. The Balaban J connectivity index is 1.85. The maximum Gasteiger partial charge on any atom is 0.326 e. The van der Waals surface area contributed by atoms with Crippen molar-refractivity contribution in [2.24, 2.45) is 0 Å². The third-order valence-electron chi connectivity index (χ3n) is 3.80. The van der Waals surface area contributed by atoms with Crippen LogP contribution in [-0.2, 0) is 9.53 Å². The van der Waals surface area contributed by atoms with Crippen LogP contribution in [0.25, 0.3) is 0 Å². The number of carboxylic acids is 1. The second-order valence-electron chi connectivity index (χ2n) is 5.02. The van der Waals surface area contributed by atoms with E-state index < -0.39 is 12.0 Å². The largest absolute Gasteiger partial charge is 0.480 e. The first-order chi connectivity index (χ1) is 8.61. The molecule has 1 aliphatic heterocycles. The third kappa shape index (κ3) is 2.75. The molecule has 2 N–H and O–H groups in total. The summed E-state index contributed by atoms with van der Waals surface area (Å²) in [7, 11) is 1.66. The molecule has 0 aromatic rings. The van der Waals surface area contributed by atoms with Gasteiger partial charge in [0.15, 0.2) is 0 Å². The van der Waals surface area contributed by atoms with Gasteiger partial charge >= 0.3 is 12.0 Å². The topological polar surface area (TPSA) is 78.9 Å². The van der Waals surface area contributed by atoms with Crippen LogP contribution in [0.4, 0.5) is 4.79 Å². The van der Waals surface area contributed by atoms with Crippen LogP contribution in [0.3, 0.4) is 0 Å². The van der Waals surface area contributed by atoms with Gasteiger partial charge in [0.1, 0.15) is 6.04 Å². The molecule has 2 aliphatic rings. The summed E-state index contributed by atoms with van der Waals surface area (Å²) < 4.78 is 5.14. The molecular weight excluding hydrogens is 236 g/mol. The number of amides is 2. The second-order valence-corrected chi connectivity index (χ2v) is 5.02. The molecule has 6 nitrogen and oxygen atoms in total. The van der Waals surface area contributed by atoms with E-state index in [1.807, 2.05) is 0 Å². The molecule has 1 atom stereocenters. The molecule has 0 spiro atoms. The lowest BCUT2D eigenvalue weighted by atomic mass is 9.89. The Morgan fingerprint density at radius 1 is 1.33 bits per heavy atom. The Bertz CT molecular complexity index is 328. The lowest BCUT2D eigenvalue weighted by Gasteiger charge is -2.38. The van der Waals surface area contributed by atoms with Crippen LogP contribution in [-0.4, -0.2) is 53.8 Å². The summed E-state index contributed by atoms with van der Waals surface area (Å²) in [6, 6.07) is -0.794. The highest BCUT2D eigenvalue weighted by Gasteiger charge is 2.35. The molecule has 2 amide bonds. The van der Waals surface area contributed by atoms with Gasteiger partial charge in [0.2, 0.25) is 0 Å². The van der Waals surface area contributed by atoms with Crippen LogP contribution in [0.2, 0.25) is 0 Å². The van der Waals surface area contributed by atoms with Crippen molar-refractivity contribution in [3.63, 3.8) is 0 Å². The summed E-state index contributed by atoms with van der Waals surface area (Å²) in [6.07, 6.45) is 4.15. The maximum atomic E-state index is 12.0. The second kappa shape index (κ2) is 5.56. The van der Waals surface area contributed by atoms with Gasteiger partial charge in [-0.1, -0.05) is 0 Å². The summed E-state index contributed by atoms with van der Waals surface area (Å²) in [5.74, 6) is -0.909. The van der Waals surface area contributed by atoms with Crippen molar-refractivity contribution in [3.05, 3.63) is 0 Å². The van der Waals surface area contributed by atoms with Crippen molar-refractivity contribution in [2.45, 2.75) is 50.3 Å². The highest BCUT2D eigenvalue weighted by molar-refractivity contribution is 5.83. The van der Waals surface area contributed by atoms with E-state index >= 15 is 0 Å². The zero-order chi connectivity index (χ0) is 13.1. The fourth-order valence-electron chi connectivity index (χ4n) is 2.56. The number of nitrogens with zero attached hydrogens (tertiary/aromatic N) is 1. The molecule has 0 aromatic heterocycles. The number of piperidine rings is 1. The average molecular weight is 256 g/mol. The number of rotatable bonds is 3. The number of hydrogen-bond acceptors (Lipinski definition) is 3. The van der Waals surface area contributed by atoms with Gasteiger partial charge in [-0.2, -0.15) is 0 Å². The van der Waals surface area contributed by atoms with Crippen molar-refractivity contribution < 1.29 is 19.4 Å². The molecule has 1 aliphatic carbocycles. The van der Waals surface area contributed by atoms with E-state index in [0.29, 0.717) is 13.0 Å². The SMILES string of the molecule is COC1CC(NC(=O)N2CCCCC2C(=O)O)C1. The lowest BCUT2D eigenvalue weighted by Crippen LogP contribution is -2.56. The van der Waals surface area contributed by atoms with E-state index in [0.717, 1.165) is 25.7 Å². The van der Waals surface area contributed by atoms with Crippen LogP contribution < -0.4 is 5.32 Å². The van der Waals surface area contributed by atoms with Gasteiger partial charge in [-0.05, 0) is 32.1 Å². The highest BCUT2D eigenvalue weighted by Crippen LogP contribution is 2.24. The number of methoxy groups -OCH3 is 1. The van der Waals surface area contributed by atoms with Gasteiger partial charge in [0.05, 0.1) is 6.10 Å². The zero-order valence-corrected chi connectivity index (χ0v) is 10.6. The predicted octanol–water partition coefficient (Wildman–Crippen LogP) is 0.812. The summed E-state index contributed by atoms with van der Waals surface area (Å²) in [4.78, 5) is 24.6. The van der Waals surface area contributed by atoms with Gasteiger partial charge in [-0.15, -0.1) is 0 Å². The van der Waals surface area contributed by atoms with Crippen molar-refractivity contribution >= 4 is 12.0 Å². The fraction of sp³-hybridized carbons (Fsp3) is 0.833. The Kier molecular flexibility index (Phi) is 4.06. The third-order valence-corrected chi connectivity index (χ3v) is 3.80. The number of aliphatic carboxylic acids is 1. The highest BCUT2D eigenvalue weighted by atomic mass is 16.5. The molecule has 1 unspecified atom stereocenters. The number of ether oxygens (including phenoxy) is 1. The molecule has 1 heterocycles. The number of likely N-dealkylation sites (tertiary alicyclic amines) is 1. The Morgan fingerprint density at radius 3 is 2.67 bits per heavy atom. The Labute approximate surface area is 106 Å². The monoisotopic (exact) mass is 256 g/mol. The number of carbonyl (C=O) groups excluding carboxylic acids is 1. The standard InChI is InChI=1S/C12H20N2O4/c1-18-9-6-8(7-9)13-12(17)14-5-3-2-4-10(14)11(15)16/h8-10H,2-7H2,1H3,(H,13,17)(H,15,16). The van der Waals surface area contributed by atoms with Gasteiger partial charge < -0.3 is 20.1 Å². The molecule has 1 saturated carbocycles. The molecule has 2 rings (SSSR count). The first kappa shape index (κ1) is 13.1. The van der Waals surface area contributed by atoms with Gasteiger partial charge in [0.25, 0.3) is 0 Å². The van der Waals surface area contributed by atoms with E-state index in [4.69, 9.17) is 9.84 Å². The first-order valence-corrected chi connectivity index (χ1v) is 6.44. The molecule has 0 bridgehead atoms. The summed E-state index contributed by atoms with van der Waals surface area (Å²) in [6.45, 7) is 0.531. The molecule has 18 heavy (non-hydrogen) atoms. The van der Waals surface area contributed by atoms with E-state index in [9.17, 15) is 9.59 Å². The molecule has 102 valence electrons. The van der Waals surface area contributed by atoms with Crippen LogP contribution in [0, 0.1) is 0 Å². The molecule has 1 saturated heterocycles. The van der Waals surface area contributed by atoms with E-state index in [2.05, 4.69) is 5.32 Å². The summed E-state index contributed by atoms with van der Waals surface area (Å²) in [5.41, 5.74) is 0. The van der Waals surface area contributed by atoms with Gasteiger partial charge in [-0.3, -0.25) is 0 Å². The number of carboxylic acid groups (broad SMARTS) is 1. The first-order valence-electron chi connectivity index (χ1n) is 6.44. The van der Waals surface area contributed by atoms with Crippen LogP contribution in [0.5, 0.6) is 0 Å². The van der Waals surface area contributed by atoms with Crippen molar-refractivity contribution in [1.29, 1.82) is 0 Å². The minimum atomic E-state index is -0.909. The van der Waals surface area contributed by atoms with Crippen LogP contribution in [0.15, 0.2) is 0 Å². The van der Waals surface area contributed by atoms with Crippen molar-refractivity contribution in [1.82, 2.24) is 10.2 Å².